The lowest BCUT2D eigenvalue weighted by Gasteiger charge is -2.47. The highest BCUT2D eigenvalue weighted by atomic mass is 32.2. The number of hydrogen-bond acceptors (Lipinski definition) is 8. The van der Waals surface area contributed by atoms with E-state index in [1.807, 2.05) is 30.3 Å². The van der Waals surface area contributed by atoms with Gasteiger partial charge in [0.25, 0.3) is 0 Å². The number of alkyl carbamates (subject to hydrolysis) is 1. The van der Waals surface area contributed by atoms with Gasteiger partial charge in [-0.2, -0.15) is 5.26 Å². The molecule has 2 aliphatic heterocycles. The van der Waals surface area contributed by atoms with Crippen molar-refractivity contribution in [3.63, 3.8) is 0 Å². The van der Waals surface area contributed by atoms with Crippen molar-refractivity contribution < 1.29 is 17.9 Å². The van der Waals surface area contributed by atoms with Gasteiger partial charge in [0.05, 0.1) is 21.3 Å². The van der Waals surface area contributed by atoms with Gasteiger partial charge >= 0.3 is 6.09 Å². The minimum atomic E-state index is -3.56. The lowest BCUT2D eigenvalue weighted by Crippen LogP contribution is -2.54. The summed E-state index contributed by atoms with van der Waals surface area (Å²) >= 11 is 0. The van der Waals surface area contributed by atoms with Crippen LogP contribution >= 0.6 is 0 Å². The third-order valence-electron chi connectivity index (χ3n) is 10.1. The average molecular weight is 628 g/mol. The minimum absolute atomic E-state index is 0.0370. The maximum atomic E-state index is 12.9. The van der Waals surface area contributed by atoms with Gasteiger partial charge in [-0.25, -0.2) is 13.2 Å². The number of amides is 1. The van der Waals surface area contributed by atoms with Crippen molar-refractivity contribution in [1.29, 1.82) is 5.26 Å². The van der Waals surface area contributed by atoms with Gasteiger partial charge in [-0.3, -0.25) is 4.98 Å². The van der Waals surface area contributed by atoms with Gasteiger partial charge in [-0.05, 0) is 93.1 Å². The second kappa shape index (κ2) is 13.2. The van der Waals surface area contributed by atoms with Gasteiger partial charge < -0.3 is 19.9 Å². The number of piperidine rings is 1. The van der Waals surface area contributed by atoms with Crippen molar-refractivity contribution in [1.82, 2.24) is 15.2 Å². The van der Waals surface area contributed by atoms with Crippen molar-refractivity contribution in [3.05, 3.63) is 84.7 Å². The number of aromatic nitrogens is 1. The van der Waals surface area contributed by atoms with Crippen LogP contribution in [0.25, 0.3) is 0 Å². The first kappa shape index (κ1) is 31.1. The second-order valence-corrected chi connectivity index (χ2v) is 14.6. The highest BCUT2D eigenvalue weighted by Gasteiger charge is 2.53. The van der Waals surface area contributed by atoms with Crippen molar-refractivity contribution in [3.8, 4) is 6.07 Å². The van der Waals surface area contributed by atoms with Gasteiger partial charge in [0.2, 0.25) is 9.84 Å². The van der Waals surface area contributed by atoms with Crippen LogP contribution in [0, 0.1) is 29.1 Å². The number of carbonyl (C=O) groups excluding carboxylic acids is 1. The Hall–Kier alpha value is -3.94. The summed E-state index contributed by atoms with van der Waals surface area (Å²) in [6.07, 6.45) is 6.74. The van der Waals surface area contributed by atoms with Crippen LogP contribution in [0.3, 0.4) is 0 Å². The quantitative estimate of drug-likeness (QED) is 0.351. The molecule has 1 saturated carbocycles. The molecule has 3 fully saturated rings. The first-order chi connectivity index (χ1) is 21.8. The van der Waals surface area contributed by atoms with Crippen LogP contribution in [-0.4, -0.2) is 70.3 Å². The van der Waals surface area contributed by atoms with E-state index in [1.165, 1.54) is 24.5 Å². The highest BCUT2D eigenvalue weighted by molar-refractivity contribution is 7.91. The Morgan fingerprint density at radius 3 is 2.29 bits per heavy atom. The predicted molar refractivity (Wildman–Crippen MR) is 171 cm³/mol. The first-order valence-corrected chi connectivity index (χ1v) is 17.4. The Kier molecular flexibility index (Phi) is 9.11. The number of nitrogens with one attached hydrogen (secondary N) is 1. The standard InChI is InChI=1S/C35H41N5O4S/c1-37-34(41)44-33-9-5-8-32(33)35(25-36,27-6-3-2-4-7-27)28-16-20-39(21-17-28)22-26-23-40(24-26)29-10-12-30(13-11-29)45(42,43)31-14-18-38-19-15-31/h2-4,6-7,10-15,18-19,26,28,32-33H,5,8-9,16-17,20-24H2,1H3,(H,37,41)/t32-,33-,35?/m1/s1. The van der Waals surface area contributed by atoms with E-state index in [1.54, 1.807) is 19.2 Å². The lowest BCUT2D eigenvalue weighted by molar-refractivity contribution is 0.0307. The van der Waals surface area contributed by atoms with Gasteiger partial charge in [0.1, 0.15) is 6.10 Å². The molecule has 10 heteroatoms. The van der Waals surface area contributed by atoms with Crippen LogP contribution < -0.4 is 10.2 Å². The van der Waals surface area contributed by atoms with E-state index in [-0.39, 0.29) is 27.7 Å². The van der Waals surface area contributed by atoms with Crippen LogP contribution in [0.1, 0.15) is 37.7 Å². The number of rotatable bonds is 9. The van der Waals surface area contributed by atoms with Crippen molar-refractivity contribution in [2.45, 2.75) is 53.4 Å². The van der Waals surface area contributed by atoms with Crippen LogP contribution in [0.5, 0.6) is 0 Å². The number of benzene rings is 2. The number of nitriles is 1. The summed E-state index contributed by atoms with van der Waals surface area (Å²) in [6, 6.07) is 23.2. The maximum absolute atomic E-state index is 12.9. The Bertz CT molecular complexity index is 1600. The van der Waals surface area contributed by atoms with Gasteiger partial charge in [-0.15, -0.1) is 0 Å². The normalized spacial score (nSPS) is 22.6. The number of hydrogen-bond donors (Lipinski definition) is 1. The topological polar surface area (TPSA) is 116 Å². The van der Waals surface area contributed by atoms with E-state index >= 15 is 0 Å². The molecule has 3 heterocycles. The third-order valence-corrected chi connectivity index (χ3v) is 11.9. The van der Waals surface area contributed by atoms with Crippen LogP contribution in [0.2, 0.25) is 0 Å². The number of likely N-dealkylation sites (tertiary alicyclic amines) is 1. The SMILES string of the molecule is CNC(=O)O[C@@H]1CCC[C@H]1C(C#N)(c1ccccc1)C1CCN(CC2CN(c3ccc(S(=O)(=O)c4ccncc4)cc3)C2)CC1. The number of sulfone groups is 1. The summed E-state index contributed by atoms with van der Waals surface area (Å²) < 4.78 is 31.7. The Labute approximate surface area is 266 Å². The molecule has 1 N–H and O–H groups in total. The second-order valence-electron chi connectivity index (χ2n) is 12.6. The zero-order chi connectivity index (χ0) is 31.4. The zero-order valence-electron chi connectivity index (χ0n) is 25.7. The summed E-state index contributed by atoms with van der Waals surface area (Å²) in [5.74, 6) is 0.682. The van der Waals surface area contributed by atoms with Gasteiger partial charge in [0, 0.05) is 56.6 Å². The molecule has 0 bridgehead atoms. The predicted octanol–water partition coefficient (Wildman–Crippen LogP) is 5.05. The molecule has 1 unspecified atom stereocenters. The Morgan fingerprint density at radius 1 is 0.978 bits per heavy atom. The van der Waals surface area contributed by atoms with E-state index in [2.05, 4.69) is 38.3 Å². The molecule has 9 nitrogen and oxygen atoms in total. The Balaban J connectivity index is 1.07. The van der Waals surface area contributed by atoms with Crippen LogP contribution in [0.15, 0.2) is 88.9 Å². The molecule has 3 aliphatic rings. The van der Waals surface area contributed by atoms with Crippen LogP contribution in [-0.2, 0) is 20.0 Å². The van der Waals surface area contributed by atoms with E-state index in [0.717, 1.165) is 76.1 Å². The fraction of sp³-hybridized carbons (Fsp3) is 0.457. The number of anilines is 1. The monoisotopic (exact) mass is 627 g/mol. The summed E-state index contributed by atoms with van der Waals surface area (Å²) in [6.45, 7) is 4.75. The summed E-state index contributed by atoms with van der Waals surface area (Å²) in [5.41, 5.74) is 1.37. The molecule has 0 spiro atoms. The molecular formula is C35H41N5O4S. The van der Waals surface area contributed by atoms with E-state index in [9.17, 15) is 18.5 Å². The third kappa shape index (κ3) is 6.16. The molecule has 1 aromatic heterocycles. The smallest absolute Gasteiger partial charge is 0.407 e. The molecule has 2 saturated heterocycles. The lowest BCUT2D eigenvalue weighted by atomic mass is 9.59. The van der Waals surface area contributed by atoms with E-state index < -0.39 is 21.3 Å². The molecular weight excluding hydrogens is 586 g/mol. The van der Waals surface area contributed by atoms with E-state index in [0.29, 0.717) is 5.92 Å². The van der Waals surface area contributed by atoms with Crippen molar-refractivity contribution >= 4 is 21.6 Å². The molecule has 2 aromatic carbocycles. The van der Waals surface area contributed by atoms with Crippen molar-refractivity contribution in [2.24, 2.45) is 17.8 Å². The number of ether oxygens (including phenoxy) is 1. The van der Waals surface area contributed by atoms with Crippen LogP contribution in [0.4, 0.5) is 10.5 Å². The molecule has 0 radical (unpaired) electrons. The molecule has 3 atom stereocenters. The summed E-state index contributed by atoms with van der Waals surface area (Å²) in [7, 11) is -1.99. The van der Waals surface area contributed by atoms with Gasteiger partial charge in [-0.1, -0.05) is 30.3 Å². The highest BCUT2D eigenvalue weighted by Crippen LogP contribution is 2.51. The molecule has 6 rings (SSSR count). The Morgan fingerprint density at radius 2 is 1.64 bits per heavy atom. The molecule has 45 heavy (non-hydrogen) atoms. The molecule has 3 aromatic rings. The number of nitrogens with zero attached hydrogens (tertiary/aromatic N) is 4. The van der Waals surface area contributed by atoms with Gasteiger partial charge in [0.15, 0.2) is 0 Å². The fourth-order valence-corrected chi connectivity index (χ4v) is 9.06. The minimum Gasteiger partial charge on any atom is -0.446 e. The summed E-state index contributed by atoms with van der Waals surface area (Å²) in [4.78, 5) is 21.5. The largest absolute Gasteiger partial charge is 0.446 e. The average Bonchev–Trinajstić information content (AvgIpc) is 3.53. The summed E-state index contributed by atoms with van der Waals surface area (Å²) in [5, 5.41) is 13.5. The molecule has 1 aliphatic carbocycles. The first-order valence-electron chi connectivity index (χ1n) is 15.9. The molecule has 236 valence electrons. The zero-order valence-corrected chi connectivity index (χ0v) is 26.5. The fourth-order valence-electron chi connectivity index (χ4n) is 7.81. The van der Waals surface area contributed by atoms with E-state index in [4.69, 9.17) is 4.74 Å². The number of pyridine rings is 1. The van der Waals surface area contributed by atoms with Crippen molar-refractivity contribution in [2.75, 3.05) is 44.7 Å². The molecule has 1 amide bonds. The number of carbonyl (C=O) groups is 1. The maximum Gasteiger partial charge on any atom is 0.407 e.